The molecule has 0 saturated carbocycles. The average molecular weight is 285 g/mol. The molecule has 1 aliphatic heterocycles. The molecule has 1 N–H and O–H groups in total. The van der Waals surface area contributed by atoms with Crippen molar-refractivity contribution in [2.75, 3.05) is 13.1 Å². The van der Waals surface area contributed by atoms with E-state index in [1.54, 1.807) is 0 Å². The standard InChI is InChI=1S/C10H17F2NO4S/c1-2-3-10(8(14)15)4-6-13(7-5-10)18(16,17)9(11)12/h9H,2-7H2,1H3,(H,14,15). The minimum absolute atomic E-state index is 0.0854. The zero-order valence-electron chi connectivity index (χ0n) is 10.1. The van der Waals surface area contributed by atoms with Crippen molar-refractivity contribution in [3.05, 3.63) is 0 Å². The summed E-state index contributed by atoms with van der Waals surface area (Å²) in [7, 11) is -4.58. The fraction of sp³-hybridized carbons (Fsp3) is 0.900. The van der Waals surface area contributed by atoms with Crippen LogP contribution < -0.4 is 0 Å². The number of carboxylic acid groups (broad SMARTS) is 1. The SMILES string of the molecule is CCCC1(C(=O)O)CCN(S(=O)(=O)C(F)F)CC1. The van der Waals surface area contributed by atoms with Gasteiger partial charge in [-0.05, 0) is 19.3 Å². The smallest absolute Gasteiger partial charge is 0.350 e. The highest BCUT2D eigenvalue weighted by molar-refractivity contribution is 7.89. The Morgan fingerprint density at radius 1 is 1.39 bits per heavy atom. The van der Waals surface area contributed by atoms with Crippen molar-refractivity contribution < 1.29 is 27.1 Å². The molecule has 1 fully saturated rings. The normalized spacial score (nSPS) is 21.1. The number of carboxylic acids is 1. The van der Waals surface area contributed by atoms with Crippen LogP contribution >= 0.6 is 0 Å². The summed E-state index contributed by atoms with van der Waals surface area (Å²) in [6, 6.07) is 0. The molecule has 5 nitrogen and oxygen atoms in total. The van der Waals surface area contributed by atoms with E-state index in [2.05, 4.69) is 0 Å². The zero-order valence-corrected chi connectivity index (χ0v) is 10.9. The van der Waals surface area contributed by atoms with Gasteiger partial charge in [0, 0.05) is 13.1 Å². The van der Waals surface area contributed by atoms with Gasteiger partial charge in [0.2, 0.25) is 0 Å². The highest BCUT2D eigenvalue weighted by Crippen LogP contribution is 2.37. The number of hydrogen-bond acceptors (Lipinski definition) is 3. The molecule has 18 heavy (non-hydrogen) atoms. The molecule has 0 aromatic heterocycles. The van der Waals surface area contributed by atoms with E-state index in [1.807, 2.05) is 6.92 Å². The highest BCUT2D eigenvalue weighted by atomic mass is 32.2. The Balaban J connectivity index is 2.79. The summed E-state index contributed by atoms with van der Waals surface area (Å²) in [6.45, 7) is 1.53. The largest absolute Gasteiger partial charge is 0.481 e. The minimum Gasteiger partial charge on any atom is -0.481 e. The number of alkyl halides is 2. The number of rotatable bonds is 5. The second-order valence-corrected chi connectivity index (χ2v) is 6.44. The van der Waals surface area contributed by atoms with Gasteiger partial charge in [0.1, 0.15) is 0 Å². The van der Waals surface area contributed by atoms with Crippen molar-refractivity contribution in [3.63, 3.8) is 0 Å². The highest BCUT2D eigenvalue weighted by Gasteiger charge is 2.44. The molecule has 0 aromatic rings. The average Bonchev–Trinajstić information content (AvgIpc) is 2.29. The molecule has 0 aliphatic carbocycles. The van der Waals surface area contributed by atoms with E-state index in [-0.39, 0.29) is 25.9 Å². The molecule has 0 atom stereocenters. The van der Waals surface area contributed by atoms with Crippen LogP contribution in [0.15, 0.2) is 0 Å². The lowest BCUT2D eigenvalue weighted by atomic mass is 9.75. The number of hydrogen-bond donors (Lipinski definition) is 1. The zero-order chi connectivity index (χ0) is 14.0. The van der Waals surface area contributed by atoms with Gasteiger partial charge >= 0.3 is 11.7 Å². The maximum atomic E-state index is 12.4. The van der Waals surface area contributed by atoms with Crippen LogP contribution in [0.4, 0.5) is 8.78 Å². The van der Waals surface area contributed by atoms with Gasteiger partial charge in [0.15, 0.2) is 0 Å². The third kappa shape index (κ3) is 2.80. The fourth-order valence-electron chi connectivity index (χ4n) is 2.33. The van der Waals surface area contributed by atoms with Crippen LogP contribution in [0, 0.1) is 5.41 Å². The van der Waals surface area contributed by atoms with Gasteiger partial charge in [-0.25, -0.2) is 8.42 Å². The van der Waals surface area contributed by atoms with Crippen molar-refractivity contribution in [1.29, 1.82) is 0 Å². The van der Waals surface area contributed by atoms with Crippen molar-refractivity contribution >= 4 is 16.0 Å². The van der Waals surface area contributed by atoms with E-state index in [0.717, 1.165) is 0 Å². The van der Waals surface area contributed by atoms with Crippen LogP contribution in [0.1, 0.15) is 32.6 Å². The molecule has 0 unspecified atom stereocenters. The lowest BCUT2D eigenvalue weighted by molar-refractivity contribution is -0.152. The van der Waals surface area contributed by atoms with Crippen LogP contribution in [-0.2, 0) is 14.8 Å². The molecular formula is C10H17F2NO4S. The lowest BCUT2D eigenvalue weighted by Gasteiger charge is -2.37. The maximum absolute atomic E-state index is 12.4. The van der Waals surface area contributed by atoms with Crippen molar-refractivity contribution in [2.24, 2.45) is 5.41 Å². The molecule has 0 aromatic carbocycles. The maximum Gasteiger partial charge on any atom is 0.350 e. The summed E-state index contributed by atoms with van der Waals surface area (Å²) in [5.74, 6) is -4.42. The predicted molar refractivity (Wildman–Crippen MR) is 60.7 cm³/mol. The molecule has 0 bridgehead atoms. The first kappa shape index (κ1) is 15.3. The first-order chi connectivity index (χ1) is 8.26. The summed E-state index contributed by atoms with van der Waals surface area (Å²) in [4.78, 5) is 11.2. The van der Waals surface area contributed by atoms with Crippen LogP contribution in [0.25, 0.3) is 0 Å². The third-order valence-electron chi connectivity index (χ3n) is 3.45. The fourth-order valence-corrected chi connectivity index (χ4v) is 3.25. The summed E-state index contributed by atoms with van der Waals surface area (Å²) >= 11 is 0. The monoisotopic (exact) mass is 285 g/mol. The molecule has 1 heterocycles. The molecule has 8 heteroatoms. The van der Waals surface area contributed by atoms with Crippen LogP contribution in [-0.4, -0.2) is 42.6 Å². The van der Waals surface area contributed by atoms with E-state index in [0.29, 0.717) is 17.1 Å². The molecular weight excluding hydrogens is 268 g/mol. The first-order valence-electron chi connectivity index (χ1n) is 5.77. The van der Waals surface area contributed by atoms with E-state index < -0.39 is 27.2 Å². The van der Waals surface area contributed by atoms with Crippen LogP contribution in [0.5, 0.6) is 0 Å². The quantitative estimate of drug-likeness (QED) is 0.830. The Morgan fingerprint density at radius 2 is 1.89 bits per heavy atom. The summed E-state index contributed by atoms with van der Waals surface area (Å²) in [5.41, 5.74) is -0.969. The molecule has 1 rings (SSSR count). The number of piperidine rings is 1. The Morgan fingerprint density at radius 3 is 2.22 bits per heavy atom. The van der Waals surface area contributed by atoms with Gasteiger partial charge < -0.3 is 5.11 Å². The second kappa shape index (κ2) is 5.48. The Kier molecular flexibility index (Phi) is 4.66. The Hall–Kier alpha value is -0.760. The minimum atomic E-state index is -4.58. The topological polar surface area (TPSA) is 74.7 Å². The van der Waals surface area contributed by atoms with Crippen molar-refractivity contribution in [1.82, 2.24) is 4.31 Å². The third-order valence-corrected chi connectivity index (χ3v) is 4.98. The Bertz CT molecular complexity index is 402. The number of aliphatic carboxylic acids is 1. The molecule has 0 spiro atoms. The van der Waals surface area contributed by atoms with E-state index in [4.69, 9.17) is 0 Å². The Labute approximate surface area is 105 Å². The van der Waals surface area contributed by atoms with E-state index >= 15 is 0 Å². The predicted octanol–water partition coefficient (Wildman–Crippen LogP) is 1.51. The van der Waals surface area contributed by atoms with Crippen LogP contribution in [0.2, 0.25) is 0 Å². The molecule has 1 saturated heterocycles. The number of nitrogens with zero attached hydrogens (tertiary/aromatic N) is 1. The van der Waals surface area contributed by atoms with Gasteiger partial charge in [-0.1, -0.05) is 13.3 Å². The molecule has 0 amide bonds. The van der Waals surface area contributed by atoms with Crippen molar-refractivity contribution in [3.8, 4) is 0 Å². The van der Waals surface area contributed by atoms with Gasteiger partial charge in [0.25, 0.3) is 10.0 Å². The van der Waals surface area contributed by atoms with Gasteiger partial charge in [-0.15, -0.1) is 0 Å². The number of halogens is 2. The molecule has 1 aliphatic rings. The van der Waals surface area contributed by atoms with E-state index in [1.165, 1.54) is 0 Å². The number of sulfonamides is 1. The molecule has 0 radical (unpaired) electrons. The number of carbonyl (C=O) groups is 1. The second-order valence-electron chi connectivity index (χ2n) is 4.54. The van der Waals surface area contributed by atoms with Gasteiger partial charge in [-0.2, -0.15) is 13.1 Å². The van der Waals surface area contributed by atoms with Gasteiger partial charge in [0.05, 0.1) is 5.41 Å². The molecule has 106 valence electrons. The summed E-state index contributed by atoms with van der Waals surface area (Å²) < 4.78 is 47.9. The first-order valence-corrected chi connectivity index (χ1v) is 7.27. The van der Waals surface area contributed by atoms with Crippen LogP contribution in [0.3, 0.4) is 0 Å². The lowest BCUT2D eigenvalue weighted by Crippen LogP contribution is -2.47. The van der Waals surface area contributed by atoms with Crippen molar-refractivity contribution in [2.45, 2.75) is 38.4 Å². The van der Waals surface area contributed by atoms with E-state index in [9.17, 15) is 27.1 Å². The van der Waals surface area contributed by atoms with Gasteiger partial charge in [-0.3, -0.25) is 4.79 Å². The summed E-state index contributed by atoms with van der Waals surface area (Å²) in [6.07, 6.45) is 1.27. The summed E-state index contributed by atoms with van der Waals surface area (Å²) in [5, 5.41) is 9.20.